The van der Waals surface area contributed by atoms with E-state index in [0.29, 0.717) is 12.4 Å². The summed E-state index contributed by atoms with van der Waals surface area (Å²) in [5.41, 5.74) is 0.955. The summed E-state index contributed by atoms with van der Waals surface area (Å²) in [5, 5.41) is 0. The van der Waals surface area contributed by atoms with Crippen LogP contribution in [0.4, 0.5) is 0 Å². The van der Waals surface area contributed by atoms with Gasteiger partial charge in [0.25, 0.3) is 0 Å². The molecule has 3 heteroatoms. The van der Waals surface area contributed by atoms with Crippen LogP contribution in [0, 0.1) is 0 Å². The van der Waals surface area contributed by atoms with Gasteiger partial charge in [-0.1, -0.05) is 30.3 Å². The van der Waals surface area contributed by atoms with E-state index in [2.05, 4.69) is 0 Å². The molecule has 0 saturated carbocycles. The van der Waals surface area contributed by atoms with Crippen LogP contribution < -0.4 is 0 Å². The highest BCUT2D eigenvalue weighted by atomic mass is 16.6. The summed E-state index contributed by atoms with van der Waals surface area (Å²) >= 11 is 0. The fourth-order valence-electron chi connectivity index (χ4n) is 1.18. The van der Waals surface area contributed by atoms with E-state index < -0.39 is 0 Å². The van der Waals surface area contributed by atoms with Gasteiger partial charge in [-0.3, -0.25) is 4.79 Å². The second kappa shape index (κ2) is 4.75. The molecule has 1 heterocycles. The number of hydrogen-bond donors (Lipinski definition) is 0. The molecule has 3 nitrogen and oxygen atoms in total. The molecule has 0 N–H and O–H groups in total. The summed E-state index contributed by atoms with van der Waals surface area (Å²) < 4.78 is 10.3. The predicted octanol–water partition coefficient (Wildman–Crippen LogP) is 1.64. The van der Waals surface area contributed by atoms with Crippen molar-refractivity contribution in [1.29, 1.82) is 0 Å². The molecule has 2 rings (SSSR count). The van der Waals surface area contributed by atoms with Gasteiger partial charge in [0.2, 0.25) is 0 Å². The highest BCUT2D eigenvalue weighted by Gasteiger charge is 2.23. The van der Waals surface area contributed by atoms with Crippen LogP contribution >= 0.6 is 0 Å². The maximum Gasteiger partial charge on any atom is 0.184 e. The molecule has 1 fully saturated rings. The van der Waals surface area contributed by atoms with Crippen LogP contribution in [-0.2, 0) is 14.3 Å². The molecule has 1 aliphatic heterocycles. The van der Waals surface area contributed by atoms with E-state index in [0.717, 1.165) is 18.5 Å². The maximum atomic E-state index is 10.7. The zero-order valence-corrected chi connectivity index (χ0v) is 8.26. The first-order chi connectivity index (χ1) is 7.38. The molecule has 0 bridgehead atoms. The Morgan fingerprint density at radius 2 is 2.20 bits per heavy atom. The number of ether oxygens (including phenoxy) is 2. The molecule has 1 aromatic rings. The first-order valence-electron chi connectivity index (χ1n) is 4.85. The molecule has 1 aromatic carbocycles. The largest absolute Gasteiger partial charge is 0.487 e. The van der Waals surface area contributed by atoms with Gasteiger partial charge in [-0.2, -0.15) is 0 Å². The fourth-order valence-corrected chi connectivity index (χ4v) is 1.18. The molecule has 1 unspecified atom stereocenters. The van der Waals surface area contributed by atoms with Crippen molar-refractivity contribution in [2.75, 3.05) is 13.2 Å². The monoisotopic (exact) mass is 204 g/mol. The topological polar surface area (TPSA) is 38.8 Å². The van der Waals surface area contributed by atoms with E-state index in [1.807, 2.05) is 30.3 Å². The minimum atomic E-state index is 0.170. The van der Waals surface area contributed by atoms with Crippen LogP contribution in [-0.4, -0.2) is 25.6 Å². The summed E-state index contributed by atoms with van der Waals surface area (Å²) in [6.45, 7) is 1.19. The Bertz CT molecular complexity index is 352. The third-order valence-corrected chi connectivity index (χ3v) is 2.06. The average molecular weight is 204 g/mol. The zero-order chi connectivity index (χ0) is 10.5. The van der Waals surface area contributed by atoms with Gasteiger partial charge >= 0.3 is 0 Å². The lowest BCUT2D eigenvalue weighted by Crippen LogP contribution is -2.01. The van der Waals surface area contributed by atoms with Gasteiger partial charge < -0.3 is 9.47 Å². The van der Waals surface area contributed by atoms with Gasteiger partial charge in [0.1, 0.15) is 12.7 Å². The molecule has 1 saturated heterocycles. The molecule has 0 aliphatic carbocycles. The molecule has 0 amide bonds. The summed E-state index contributed by atoms with van der Waals surface area (Å²) in [6.07, 6.45) is 2.61. The van der Waals surface area contributed by atoms with E-state index in [4.69, 9.17) is 9.47 Å². The van der Waals surface area contributed by atoms with E-state index in [9.17, 15) is 4.79 Å². The molecule has 0 radical (unpaired) electrons. The fraction of sp³-hybridized carbons (Fsp3) is 0.250. The van der Waals surface area contributed by atoms with Gasteiger partial charge in [0.15, 0.2) is 12.0 Å². The van der Waals surface area contributed by atoms with E-state index in [1.165, 1.54) is 0 Å². The highest BCUT2D eigenvalue weighted by Crippen LogP contribution is 2.12. The number of carbonyl (C=O) groups excluding carboxylic acids is 1. The lowest BCUT2D eigenvalue weighted by molar-refractivity contribution is -0.107. The smallest absolute Gasteiger partial charge is 0.184 e. The van der Waals surface area contributed by atoms with Gasteiger partial charge in [-0.05, 0) is 11.6 Å². The predicted molar refractivity (Wildman–Crippen MR) is 56.2 cm³/mol. The Morgan fingerprint density at radius 3 is 2.80 bits per heavy atom. The Balaban J connectivity index is 1.97. The molecule has 15 heavy (non-hydrogen) atoms. The number of benzene rings is 1. The van der Waals surface area contributed by atoms with Gasteiger partial charge in [-0.25, -0.2) is 0 Å². The number of rotatable bonds is 5. The lowest BCUT2D eigenvalue weighted by Gasteiger charge is -2.02. The summed E-state index contributed by atoms with van der Waals surface area (Å²) in [7, 11) is 0. The standard InChI is InChI=1S/C12H12O3/c13-7-11(14-8-12-9-15-12)6-10-4-2-1-3-5-10/h1-7,12H,8-9H2. The number of allylic oxidation sites excluding steroid dienone is 1. The van der Waals surface area contributed by atoms with Gasteiger partial charge in [0, 0.05) is 0 Å². The molecule has 0 aromatic heterocycles. The van der Waals surface area contributed by atoms with Crippen molar-refractivity contribution in [3.63, 3.8) is 0 Å². The SMILES string of the molecule is O=CC(=Cc1ccccc1)OCC1CO1. The third-order valence-electron chi connectivity index (χ3n) is 2.06. The number of aldehydes is 1. The molecular formula is C12H12O3. The average Bonchev–Trinajstić information content (AvgIpc) is 3.09. The highest BCUT2D eigenvalue weighted by molar-refractivity contribution is 5.78. The van der Waals surface area contributed by atoms with Gasteiger partial charge in [0.05, 0.1) is 6.61 Å². The first-order valence-corrected chi connectivity index (χ1v) is 4.85. The first kappa shape index (κ1) is 9.93. The Morgan fingerprint density at radius 1 is 1.47 bits per heavy atom. The lowest BCUT2D eigenvalue weighted by atomic mass is 10.2. The maximum absolute atomic E-state index is 10.7. The molecule has 78 valence electrons. The zero-order valence-electron chi connectivity index (χ0n) is 8.26. The van der Waals surface area contributed by atoms with E-state index >= 15 is 0 Å². The molecule has 1 aliphatic rings. The Kier molecular flexibility index (Phi) is 3.15. The summed E-state index contributed by atoms with van der Waals surface area (Å²) in [6, 6.07) is 9.59. The van der Waals surface area contributed by atoms with Crippen LogP contribution in [0.3, 0.4) is 0 Å². The van der Waals surface area contributed by atoms with Crippen molar-refractivity contribution in [1.82, 2.24) is 0 Å². The Hall–Kier alpha value is -1.61. The second-order valence-corrected chi connectivity index (χ2v) is 3.34. The van der Waals surface area contributed by atoms with Crippen molar-refractivity contribution >= 4 is 12.4 Å². The van der Waals surface area contributed by atoms with Crippen molar-refractivity contribution in [2.24, 2.45) is 0 Å². The molecule has 0 spiro atoms. The summed E-state index contributed by atoms with van der Waals surface area (Å²) in [4.78, 5) is 10.7. The van der Waals surface area contributed by atoms with E-state index in [-0.39, 0.29) is 6.10 Å². The minimum absolute atomic E-state index is 0.170. The van der Waals surface area contributed by atoms with Gasteiger partial charge in [-0.15, -0.1) is 0 Å². The van der Waals surface area contributed by atoms with Crippen molar-refractivity contribution in [3.05, 3.63) is 41.7 Å². The van der Waals surface area contributed by atoms with Crippen LogP contribution in [0.2, 0.25) is 0 Å². The quantitative estimate of drug-likeness (QED) is 0.317. The second-order valence-electron chi connectivity index (χ2n) is 3.34. The van der Waals surface area contributed by atoms with Crippen LogP contribution in [0.15, 0.2) is 36.1 Å². The summed E-state index contributed by atoms with van der Waals surface area (Å²) in [5.74, 6) is 0.344. The van der Waals surface area contributed by atoms with Crippen molar-refractivity contribution in [3.8, 4) is 0 Å². The Labute approximate surface area is 88.3 Å². The van der Waals surface area contributed by atoms with E-state index in [1.54, 1.807) is 6.08 Å². The molecular weight excluding hydrogens is 192 g/mol. The number of epoxide rings is 1. The third kappa shape index (κ3) is 3.22. The molecule has 1 atom stereocenters. The number of carbonyl (C=O) groups is 1. The van der Waals surface area contributed by atoms with Crippen LogP contribution in [0.5, 0.6) is 0 Å². The van der Waals surface area contributed by atoms with Crippen molar-refractivity contribution in [2.45, 2.75) is 6.10 Å². The minimum Gasteiger partial charge on any atom is -0.487 e. The number of hydrogen-bond acceptors (Lipinski definition) is 3. The van der Waals surface area contributed by atoms with Crippen molar-refractivity contribution < 1.29 is 14.3 Å². The normalized spacial score (nSPS) is 19.7. The van der Waals surface area contributed by atoms with Crippen LogP contribution in [0.1, 0.15) is 5.56 Å². The van der Waals surface area contributed by atoms with Crippen LogP contribution in [0.25, 0.3) is 6.08 Å².